The first-order valence-electron chi connectivity index (χ1n) is 13.5. The van der Waals surface area contributed by atoms with Crippen molar-refractivity contribution in [3.05, 3.63) is 69.7 Å². The van der Waals surface area contributed by atoms with Gasteiger partial charge in [0.1, 0.15) is 0 Å². The van der Waals surface area contributed by atoms with E-state index >= 15 is 0 Å². The van der Waals surface area contributed by atoms with Gasteiger partial charge in [0.05, 0.1) is 25.4 Å². The molecule has 2 heterocycles. The van der Waals surface area contributed by atoms with E-state index in [9.17, 15) is 9.59 Å². The van der Waals surface area contributed by atoms with Gasteiger partial charge in [-0.25, -0.2) is 9.59 Å². The van der Waals surface area contributed by atoms with E-state index in [-0.39, 0.29) is 23.3 Å². The minimum Gasteiger partial charge on any atom is -0.479 e. The van der Waals surface area contributed by atoms with Gasteiger partial charge in [-0.1, -0.05) is 47.5 Å². The molecule has 0 aliphatic carbocycles. The van der Waals surface area contributed by atoms with E-state index in [1.807, 2.05) is 36.4 Å². The number of carboxylic acid groups (broad SMARTS) is 2. The summed E-state index contributed by atoms with van der Waals surface area (Å²) >= 11 is 12.0. The monoisotopic (exact) mass is 628 g/mol. The molecule has 0 bridgehead atoms. The summed E-state index contributed by atoms with van der Waals surface area (Å²) in [6.45, 7) is 14.3. The number of ether oxygens (including phenoxy) is 2. The highest BCUT2D eigenvalue weighted by Gasteiger charge is 2.34. The number of morpholine rings is 2. The van der Waals surface area contributed by atoms with Crippen molar-refractivity contribution in [3.63, 3.8) is 0 Å². The molecule has 0 aromatic heterocycles. The lowest BCUT2D eigenvalue weighted by Crippen LogP contribution is -2.55. The number of nitrogens with one attached hydrogen (secondary N) is 2. The Morgan fingerprint density at radius 1 is 0.762 bits per heavy atom. The molecule has 234 valence electrons. The predicted molar refractivity (Wildman–Crippen MR) is 161 cm³/mol. The highest BCUT2D eigenvalue weighted by atomic mass is 35.5. The second-order valence-electron chi connectivity index (χ2n) is 11.8. The number of benzene rings is 2. The molecule has 0 spiro atoms. The van der Waals surface area contributed by atoms with E-state index in [0.717, 1.165) is 21.2 Å². The Morgan fingerprint density at radius 2 is 1.10 bits per heavy atom. The van der Waals surface area contributed by atoms with Crippen molar-refractivity contribution in [2.75, 3.05) is 13.2 Å². The van der Waals surface area contributed by atoms with Gasteiger partial charge in [0, 0.05) is 33.2 Å². The van der Waals surface area contributed by atoms with E-state index in [4.69, 9.17) is 53.1 Å². The molecule has 0 saturated carbocycles. The van der Waals surface area contributed by atoms with Gasteiger partial charge in [0.25, 0.3) is 0 Å². The third kappa shape index (κ3) is 11.1. The Balaban J connectivity index is 0.000000228. The number of carbonyl (C=O) groups is 2. The van der Waals surface area contributed by atoms with Gasteiger partial charge in [0.15, 0.2) is 12.2 Å². The van der Waals surface area contributed by atoms with Crippen molar-refractivity contribution in [1.82, 2.24) is 10.6 Å². The number of aliphatic carboxylic acids is 2. The van der Waals surface area contributed by atoms with Gasteiger partial charge in [-0.2, -0.15) is 0 Å². The molecular weight excluding hydrogens is 587 g/mol. The SMILES string of the molecule is C[C@H]1NC(C)(C)CO[C@@H]1c1cccc(Cl)c1.C[C@H]1NC(C)(C)CO[C@@H]1c1cccc(Cl)c1.O=C(O)[C@H](O)[C@@H](O)C(=O)O. The van der Waals surface area contributed by atoms with Crippen LogP contribution in [0, 0.1) is 0 Å². The average molecular weight is 630 g/mol. The van der Waals surface area contributed by atoms with E-state index in [0.29, 0.717) is 25.3 Å². The maximum absolute atomic E-state index is 9.77. The molecule has 2 fully saturated rings. The fourth-order valence-electron chi connectivity index (χ4n) is 4.76. The predicted octanol–water partition coefficient (Wildman–Crippen LogP) is 4.21. The number of hydrogen-bond donors (Lipinski definition) is 6. The number of aliphatic hydroxyl groups is 2. The first kappa shape index (κ1) is 35.9. The zero-order valence-electron chi connectivity index (χ0n) is 24.7. The number of halogens is 2. The summed E-state index contributed by atoms with van der Waals surface area (Å²) in [5.74, 6) is -3.54. The van der Waals surface area contributed by atoms with Gasteiger partial charge >= 0.3 is 11.9 Å². The van der Waals surface area contributed by atoms with Crippen LogP contribution in [0.5, 0.6) is 0 Å². The fourth-order valence-corrected chi connectivity index (χ4v) is 5.16. The average Bonchev–Trinajstić information content (AvgIpc) is 2.87. The number of rotatable bonds is 5. The van der Waals surface area contributed by atoms with Crippen LogP contribution in [-0.2, 0) is 19.1 Å². The van der Waals surface area contributed by atoms with Crippen molar-refractivity contribution in [3.8, 4) is 0 Å². The van der Waals surface area contributed by atoms with Gasteiger partial charge in [-0.15, -0.1) is 0 Å². The third-order valence-corrected chi connectivity index (χ3v) is 7.02. The van der Waals surface area contributed by atoms with Crippen molar-refractivity contribution in [2.45, 2.75) is 89.1 Å². The zero-order chi connectivity index (χ0) is 31.8. The number of aliphatic hydroxyl groups excluding tert-OH is 2. The van der Waals surface area contributed by atoms with Crippen LogP contribution < -0.4 is 10.6 Å². The molecule has 6 atom stereocenters. The van der Waals surface area contributed by atoms with Gasteiger partial charge < -0.3 is 40.5 Å². The molecule has 2 aliphatic rings. The van der Waals surface area contributed by atoms with Crippen LogP contribution in [0.3, 0.4) is 0 Å². The Kier molecular flexibility index (Phi) is 13.2. The Labute approximate surface area is 256 Å². The standard InChI is InChI=1S/2C13H18ClNO.C4H6O6/c2*1-9-12(16-8-13(2,3)15-9)10-5-4-6-11(14)7-10;5-1(3(7)8)2(6)4(9)10/h2*4-7,9,12,15H,8H2,1-3H3;1-2,5-6H,(H,7,8)(H,9,10)/t2*9-,12+;1-,2-/m111/s1. The lowest BCUT2D eigenvalue weighted by atomic mass is 9.96. The number of hydrogen-bond acceptors (Lipinski definition) is 8. The highest BCUT2D eigenvalue weighted by Crippen LogP contribution is 2.30. The Bertz CT molecular complexity index is 1100. The third-order valence-electron chi connectivity index (χ3n) is 6.55. The molecule has 6 N–H and O–H groups in total. The van der Waals surface area contributed by atoms with Crippen molar-refractivity contribution >= 4 is 35.1 Å². The quantitative estimate of drug-likeness (QED) is 0.283. The minimum absolute atomic E-state index is 0.0501. The summed E-state index contributed by atoms with van der Waals surface area (Å²) < 4.78 is 11.9. The molecule has 0 amide bonds. The topological polar surface area (TPSA) is 158 Å². The summed E-state index contributed by atoms with van der Waals surface area (Å²) in [7, 11) is 0. The summed E-state index contributed by atoms with van der Waals surface area (Å²) in [6.07, 6.45) is -4.35. The van der Waals surface area contributed by atoms with Crippen LogP contribution >= 0.6 is 23.2 Å². The second kappa shape index (κ2) is 15.4. The number of carboxylic acids is 2. The zero-order valence-corrected chi connectivity index (χ0v) is 26.2. The summed E-state index contributed by atoms with van der Waals surface area (Å²) in [4.78, 5) is 19.5. The van der Waals surface area contributed by atoms with E-state index in [1.165, 1.54) is 0 Å². The van der Waals surface area contributed by atoms with Crippen molar-refractivity contribution < 1.29 is 39.5 Å². The molecule has 10 nitrogen and oxygen atoms in total. The molecular formula is C30H42Cl2N2O8. The molecule has 12 heteroatoms. The molecule has 4 rings (SSSR count). The summed E-state index contributed by atoms with van der Waals surface area (Å²) in [5.41, 5.74) is 2.38. The van der Waals surface area contributed by atoms with Crippen LogP contribution in [0.25, 0.3) is 0 Å². The largest absolute Gasteiger partial charge is 0.479 e. The summed E-state index contributed by atoms with van der Waals surface area (Å²) in [5, 5.41) is 41.2. The van der Waals surface area contributed by atoms with Crippen LogP contribution in [-0.4, -0.2) is 80.9 Å². The molecule has 0 unspecified atom stereocenters. The first-order chi connectivity index (χ1) is 19.4. The highest BCUT2D eigenvalue weighted by molar-refractivity contribution is 6.30. The molecule has 2 aromatic rings. The normalized spacial score (nSPS) is 25.9. The van der Waals surface area contributed by atoms with E-state index in [1.54, 1.807) is 0 Å². The van der Waals surface area contributed by atoms with E-state index < -0.39 is 24.1 Å². The Morgan fingerprint density at radius 3 is 1.36 bits per heavy atom. The maximum atomic E-state index is 9.77. The van der Waals surface area contributed by atoms with Crippen molar-refractivity contribution in [2.24, 2.45) is 0 Å². The van der Waals surface area contributed by atoms with Crippen LogP contribution in [0.2, 0.25) is 10.0 Å². The molecule has 2 saturated heterocycles. The van der Waals surface area contributed by atoms with Gasteiger partial charge in [-0.05, 0) is 76.9 Å². The molecule has 42 heavy (non-hydrogen) atoms. The minimum atomic E-state index is -2.27. The fraction of sp³-hybridized carbons (Fsp3) is 0.533. The molecule has 2 aliphatic heterocycles. The van der Waals surface area contributed by atoms with Gasteiger partial charge in [0.2, 0.25) is 0 Å². The smallest absolute Gasteiger partial charge is 0.335 e. The summed E-state index contributed by atoms with van der Waals surface area (Å²) in [6, 6.07) is 16.4. The molecule has 0 radical (unpaired) electrons. The van der Waals surface area contributed by atoms with Crippen LogP contribution in [0.1, 0.15) is 64.9 Å². The van der Waals surface area contributed by atoms with Crippen LogP contribution in [0.4, 0.5) is 0 Å². The molecule has 2 aromatic carbocycles. The Hall–Kier alpha value is -2.28. The first-order valence-corrected chi connectivity index (χ1v) is 14.3. The van der Waals surface area contributed by atoms with Crippen molar-refractivity contribution in [1.29, 1.82) is 0 Å². The van der Waals surface area contributed by atoms with Crippen LogP contribution in [0.15, 0.2) is 48.5 Å². The lowest BCUT2D eigenvalue weighted by molar-refractivity contribution is -0.165. The lowest BCUT2D eigenvalue weighted by Gasteiger charge is -2.41. The maximum Gasteiger partial charge on any atom is 0.335 e. The van der Waals surface area contributed by atoms with E-state index in [2.05, 4.69) is 64.3 Å². The second-order valence-corrected chi connectivity index (χ2v) is 12.6. The van der Waals surface area contributed by atoms with Gasteiger partial charge in [-0.3, -0.25) is 0 Å².